The van der Waals surface area contributed by atoms with E-state index in [1.54, 1.807) is 7.11 Å². The number of hydrogen-bond acceptors (Lipinski definition) is 2. The number of methoxy groups -OCH3 is 1. The monoisotopic (exact) mass is 281 g/mol. The van der Waals surface area contributed by atoms with Gasteiger partial charge in [-0.2, -0.15) is 0 Å². The van der Waals surface area contributed by atoms with Crippen molar-refractivity contribution in [3.8, 4) is 5.75 Å². The molecule has 2 fully saturated rings. The number of ether oxygens (including phenoxy) is 1. The van der Waals surface area contributed by atoms with Crippen LogP contribution in [0.1, 0.15) is 42.7 Å². The Kier molecular flexibility index (Phi) is 2.88. The first-order valence-electron chi connectivity index (χ1n) is 7.69. The van der Waals surface area contributed by atoms with E-state index < -0.39 is 0 Å². The van der Waals surface area contributed by atoms with Crippen molar-refractivity contribution in [2.45, 2.75) is 31.6 Å². The van der Waals surface area contributed by atoms with Gasteiger partial charge < -0.3 is 10.1 Å². The molecule has 3 heteroatoms. The number of rotatable bonds is 3. The fourth-order valence-corrected chi connectivity index (χ4v) is 3.59. The summed E-state index contributed by atoms with van der Waals surface area (Å²) in [4.78, 5) is 11.8. The molecule has 3 aliphatic rings. The molecule has 1 saturated carbocycles. The molecule has 1 aromatic rings. The molecule has 1 heterocycles. The van der Waals surface area contributed by atoms with Crippen LogP contribution in [0.2, 0.25) is 0 Å². The molecule has 108 valence electrons. The fourth-order valence-electron chi connectivity index (χ4n) is 3.59. The summed E-state index contributed by atoms with van der Waals surface area (Å²) in [5.74, 6) is 1.88. The van der Waals surface area contributed by atoms with Crippen molar-refractivity contribution in [1.29, 1.82) is 0 Å². The molecule has 1 N–H and O–H groups in total. The van der Waals surface area contributed by atoms with Gasteiger partial charge in [-0.15, -0.1) is 0 Å². The Labute approximate surface area is 124 Å². The number of nitrogens with one attached hydrogen (secondary N) is 1. The molecule has 1 aliphatic heterocycles. The van der Waals surface area contributed by atoms with Crippen molar-refractivity contribution < 1.29 is 9.53 Å². The average molecular weight is 281 g/mol. The van der Waals surface area contributed by atoms with Gasteiger partial charge >= 0.3 is 0 Å². The van der Waals surface area contributed by atoms with Crippen LogP contribution in [-0.2, 0) is 4.79 Å². The highest BCUT2D eigenvalue weighted by molar-refractivity contribution is 6.05. The number of fused-ring (bicyclic) bond motifs is 1. The summed E-state index contributed by atoms with van der Waals surface area (Å²) < 4.78 is 5.52. The van der Waals surface area contributed by atoms with Gasteiger partial charge in [-0.05, 0) is 48.1 Å². The highest BCUT2D eigenvalue weighted by Crippen LogP contribution is 2.42. The molecule has 4 rings (SSSR count). The van der Waals surface area contributed by atoms with Crippen molar-refractivity contribution in [2.75, 3.05) is 7.11 Å². The van der Waals surface area contributed by atoms with Gasteiger partial charge in [0.25, 0.3) is 5.91 Å². The smallest absolute Gasteiger partial charge is 0.252 e. The van der Waals surface area contributed by atoms with Gasteiger partial charge in [0.2, 0.25) is 0 Å². The number of amides is 1. The topological polar surface area (TPSA) is 38.3 Å². The molecule has 0 aromatic heterocycles. The molecular weight excluding hydrogens is 262 g/mol. The second-order valence-corrected chi connectivity index (χ2v) is 6.14. The largest absolute Gasteiger partial charge is 0.496 e. The maximum Gasteiger partial charge on any atom is 0.252 e. The van der Waals surface area contributed by atoms with Crippen LogP contribution in [-0.4, -0.2) is 13.0 Å². The molecule has 1 amide bonds. The van der Waals surface area contributed by atoms with Crippen LogP contribution in [0.15, 0.2) is 35.5 Å². The third-order valence-corrected chi connectivity index (χ3v) is 4.80. The third-order valence-electron chi connectivity index (χ3n) is 4.80. The van der Waals surface area contributed by atoms with Crippen molar-refractivity contribution in [2.24, 2.45) is 5.92 Å². The molecule has 0 bridgehead atoms. The zero-order valence-electron chi connectivity index (χ0n) is 12.2. The zero-order valence-corrected chi connectivity index (χ0v) is 12.2. The quantitative estimate of drug-likeness (QED) is 0.863. The zero-order chi connectivity index (χ0) is 14.4. The molecule has 1 saturated heterocycles. The molecule has 1 unspecified atom stereocenters. The number of carbonyl (C=O) groups excluding carboxylic acids is 1. The minimum Gasteiger partial charge on any atom is -0.496 e. The van der Waals surface area contributed by atoms with Gasteiger partial charge in [0.05, 0.1) is 7.11 Å². The number of allylic oxidation sites excluding steroid dienone is 2. The second kappa shape index (κ2) is 4.76. The summed E-state index contributed by atoms with van der Waals surface area (Å²) in [6.45, 7) is 0. The van der Waals surface area contributed by atoms with E-state index in [4.69, 9.17) is 4.74 Å². The van der Waals surface area contributed by atoms with Crippen molar-refractivity contribution in [3.05, 3.63) is 46.7 Å². The lowest BCUT2D eigenvalue weighted by Crippen LogP contribution is -2.13. The molecular formula is C18H19NO2. The van der Waals surface area contributed by atoms with Crippen LogP contribution in [0.5, 0.6) is 5.75 Å². The Bertz CT molecular complexity index is 666. The lowest BCUT2D eigenvalue weighted by atomic mass is 9.94. The summed E-state index contributed by atoms with van der Waals surface area (Å²) >= 11 is 0. The van der Waals surface area contributed by atoms with Crippen LogP contribution in [0, 0.1) is 5.92 Å². The Morgan fingerprint density at radius 1 is 1.29 bits per heavy atom. The van der Waals surface area contributed by atoms with E-state index in [9.17, 15) is 4.79 Å². The summed E-state index contributed by atoms with van der Waals surface area (Å²) in [5.41, 5.74) is 4.33. The van der Waals surface area contributed by atoms with Gasteiger partial charge in [-0.1, -0.05) is 25.0 Å². The van der Waals surface area contributed by atoms with Crippen LogP contribution in [0.3, 0.4) is 0 Å². The maximum atomic E-state index is 11.8. The Morgan fingerprint density at radius 2 is 2.10 bits per heavy atom. The molecule has 0 radical (unpaired) electrons. The molecule has 0 spiro atoms. The van der Waals surface area contributed by atoms with Gasteiger partial charge in [-0.25, -0.2) is 0 Å². The first-order valence-corrected chi connectivity index (χ1v) is 7.69. The lowest BCUT2D eigenvalue weighted by molar-refractivity contribution is -0.115. The van der Waals surface area contributed by atoms with Crippen LogP contribution in [0.4, 0.5) is 0 Å². The predicted octanol–water partition coefficient (Wildman–Crippen LogP) is 3.38. The van der Waals surface area contributed by atoms with Crippen molar-refractivity contribution in [1.82, 2.24) is 5.32 Å². The lowest BCUT2D eigenvalue weighted by Gasteiger charge is -2.15. The van der Waals surface area contributed by atoms with Crippen LogP contribution in [0.25, 0.3) is 6.08 Å². The number of benzene rings is 1. The van der Waals surface area contributed by atoms with E-state index in [0.717, 1.165) is 22.6 Å². The Hall–Kier alpha value is -2.03. The number of hydrogen-bond donors (Lipinski definition) is 1. The summed E-state index contributed by atoms with van der Waals surface area (Å²) in [6.07, 6.45) is 9.20. The van der Waals surface area contributed by atoms with Gasteiger partial charge in [0.1, 0.15) is 5.75 Å². The predicted molar refractivity (Wildman–Crippen MR) is 81.9 cm³/mol. The SMILES string of the molecule is COc1ccc(/C=C2/C(=O)NC3=CC32)cc1C1CCCC1. The van der Waals surface area contributed by atoms with E-state index in [1.807, 2.05) is 18.2 Å². The van der Waals surface area contributed by atoms with Crippen molar-refractivity contribution >= 4 is 12.0 Å². The van der Waals surface area contributed by atoms with E-state index in [0.29, 0.717) is 5.92 Å². The van der Waals surface area contributed by atoms with E-state index in [-0.39, 0.29) is 11.8 Å². The van der Waals surface area contributed by atoms with Gasteiger partial charge in [-0.3, -0.25) is 4.79 Å². The molecule has 3 nitrogen and oxygen atoms in total. The average Bonchev–Trinajstić information content (AvgIpc) is 2.93. The molecule has 1 atom stereocenters. The van der Waals surface area contributed by atoms with E-state index in [1.165, 1.54) is 31.2 Å². The summed E-state index contributed by atoms with van der Waals surface area (Å²) in [6, 6.07) is 6.28. The van der Waals surface area contributed by atoms with Crippen molar-refractivity contribution in [3.63, 3.8) is 0 Å². The fraction of sp³-hybridized carbons (Fsp3) is 0.389. The Balaban J connectivity index is 1.68. The highest BCUT2D eigenvalue weighted by Gasteiger charge is 2.40. The van der Waals surface area contributed by atoms with Gasteiger partial charge in [0.15, 0.2) is 0 Å². The first-order chi connectivity index (χ1) is 10.3. The van der Waals surface area contributed by atoms with Crippen LogP contribution < -0.4 is 10.1 Å². The Morgan fingerprint density at radius 3 is 2.76 bits per heavy atom. The van der Waals surface area contributed by atoms with E-state index >= 15 is 0 Å². The normalized spacial score (nSPS) is 25.8. The standard InChI is InChI=1S/C18H19NO2/c1-21-17-7-6-11(8-13(17)12-4-2-3-5-12)9-15-14-10-16(14)19-18(15)20/h6-10,12,14H,2-5H2,1H3,(H,19,20)/b15-9+. The van der Waals surface area contributed by atoms with Crippen LogP contribution >= 0.6 is 0 Å². The third kappa shape index (κ3) is 2.17. The maximum absolute atomic E-state index is 11.8. The summed E-state index contributed by atoms with van der Waals surface area (Å²) in [5, 5.41) is 2.88. The summed E-state index contributed by atoms with van der Waals surface area (Å²) in [7, 11) is 1.73. The molecule has 1 aromatic carbocycles. The molecule has 2 aliphatic carbocycles. The van der Waals surface area contributed by atoms with E-state index in [2.05, 4.69) is 17.5 Å². The highest BCUT2D eigenvalue weighted by atomic mass is 16.5. The minimum absolute atomic E-state index is 0.0516. The minimum atomic E-state index is 0.0516. The second-order valence-electron chi connectivity index (χ2n) is 6.14. The first kappa shape index (κ1) is 12.7. The van der Waals surface area contributed by atoms with Gasteiger partial charge in [0, 0.05) is 17.2 Å². The number of carbonyl (C=O) groups is 1. The molecule has 21 heavy (non-hydrogen) atoms.